The first-order valence-corrected chi connectivity index (χ1v) is 13.8. The third-order valence-electron chi connectivity index (χ3n) is 7.57. The smallest absolute Gasteiger partial charge is 0.159 e. The third-order valence-corrected chi connectivity index (χ3v) is 7.57. The highest BCUT2D eigenvalue weighted by atomic mass is 19.1. The highest BCUT2D eigenvalue weighted by Crippen LogP contribution is 2.37. The molecule has 2 aromatic rings. The summed E-state index contributed by atoms with van der Waals surface area (Å²) in [5.74, 6) is 2.01. The van der Waals surface area contributed by atoms with Crippen molar-refractivity contribution in [3.05, 3.63) is 47.5 Å². The lowest BCUT2D eigenvalue weighted by molar-refractivity contribution is 0.301. The lowest BCUT2D eigenvalue weighted by Gasteiger charge is -2.28. The predicted molar refractivity (Wildman–Crippen MR) is 138 cm³/mol. The maximum atomic E-state index is 14.6. The molecule has 2 nitrogen and oxygen atoms in total. The molecular formula is C30H45FN2. The topological polar surface area (TPSA) is 25.8 Å². The first-order valence-electron chi connectivity index (χ1n) is 13.8. The lowest BCUT2D eigenvalue weighted by Crippen LogP contribution is -2.14. The molecule has 0 aliphatic heterocycles. The molecule has 1 aromatic heterocycles. The predicted octanol–water partition coefficient (Wildman–Crippen LogP) is 9.43. The van der Waals surface area contributed by atoms with E-state index in [0.29, 0.717) is 11.7 Å². The Balaban J connectivity index is 1.46. The largest absolute Gasteiger partial charge is 0.236 e. The monoisotopic (exact) mass is 452 g/mol. The van der Waals surface area contributed by atoms with Crippen LogP contribution in [0.2, 0.25) is 0 Å². The molecule has 182 valence electrons. The van der Waals surface area contributed by atoms with E-state index in [4.69, 9.17) is 0 Å². The van der Waals surface area contributed by atoms with Crippen LogP contribution in [0.5, 0.6) is 0 Å². The van der Waals surface area contributed by atoms with Crippen molar-refractivity contribution in [2.75, 3.05) is 0 Å². The minimum absolute atomic E-state index is 0.122. The quantitative estimate of drug-likeness (QED) is 0.267. The molecule has 3 rings (SSSR count). The van der Waals surface area contributed by atoms with Crippen molar-refractivity contribution in [3.8, 4) is 11.4 Å². The fourth-order valence-corrected chi connectivity index (χ4v) is 5.33. The molecule has 0 radical (unpaired) electrons. The second-order valence-electron chi connectivity index (χ2n) is 10.2. The van der Waals surface area contributed by atoms with Crippen LogP contribution in [0.4, 0.5) is 4.39 Å². The highest BCUT2D eigenvalue weighted by molar-refractivity contribution is 5.55. The first kappa shape index (κ1) is 25.8. The van der Waals surface area contributed by atoms with Crippen molar-refractivity contribution >= 4 is 0 Å². The maximum Gasteiger partial charge on any atom is 0.159 e. The van der Waals surface area contributed by atoms with Crippen LogP contribution in [0, 0.1) is 11.7 Å². The molecule has 0 amide bonds. The zero-order valence-electron chi connectivity index (χ0n) is 21.1. The van der Waals surface area contributed by atoms with Gasteiger partial charge in [0, 0.05) is 18.0 Å². The average Bonchev–Trinajstić information content (AvgIpc) is 2.85. The Morgan fingerprint density at radius 1 is 0.788 bits per heavy atom. The van der Waals surface area contributed by atoms with E-state index in [0.717, 1.165) is 29.9 Å². The van der Waals surface area contributed by atoms with Gasteiger partial charge < -0.3 is 0 Å². The van der Waals surface area contributed by atoms with Gasteiger partial charge in [-0.05, 0) is 67.6 Å². The van der Waals surface area contributed by atoms with Crippen molar-refractivity contribution in [3.63, 3.8) is 0 Å². The molecule has 3 heteroatoms. The number of hydrogen-bond acceptors (Lipinski definition) is 2. The van der Waals surface area contributed by atoms with Crippen LogP contribution < -0.4 is 0 Å². The zero-order valence-corrected chi connectivity index (χ0v) is 21.1. The molecule has 0 unspecified atom stereocenters. The number of nitrogens with zero attached hydrogens (tertiary/aromatic N) is 2. The summed E-state index contributed by atoms with van der Waals surface area (Å²) in [7, 11) is 0. The number of benzene rings is 1. The SMILES string of the molecule is CCCCCCCc1ccc(-c2ncc(C3CCC(CCCCCCC)CC3)cn2)cc1F. The first-order chi connectivity index (χ1) is 16.2. The standard InChI is InChI=1S/C30H45FN2/c1-3-5-7-9-11-13-24-15-17-25(18-16-24)28-22-32-30(33-23-28)27-20-19-26(29(31)21-27)14-12-10-8-6-4-2/h19-25H,3-18H2,1-2H3. The van der Waals surface area contributed by atoms with Crippen LogP contribution in [0.25, 0.3) is 11.4 Å². The Hall–Kier alpha value is -1.77. The number of halogens is 1. The fraction of sp³-hybridized carbons (Fsp3) is 0.667. The molecule has 1 heterocycles. The minimum atomic E-state index is -0.122. The summed E-state index contributed by atoms with van der Waals surface area (Å²) in [6.45, 7) is 4.50. The highest BCUT2D eigenvalue weighted by Gasteiger charge is 2.22. The van der Waals surface area contributed by atoms with Gasteiger partial charge in [0.15, 0.2) is 5.82 Å². The molecule has 1 aromatic carbocycles. The van der Waals surface area contributed by atoms with Gasteiger partial charge in [-0.15, -0.1) is 0 Å². The second kappa shape index (κ2) is 14.5. The van der Waals surface area contributed by atoms with Crippen molar-refractivity contribution < 1.29 is 4.39 Å². The van der Waals surface area contributed by atoms with Gasteiger partial charge >= 0.3 is 0 Å². The summed E-state index contributed by atoms with van der Waals surface area (Å²) < 4.78 is 14.6. The van der Waals surface area contributed by atoms with E-state index in [-0.39, 0.29) is 5.82 Å². The van der Waals surface area contributed by atoms with Gasteiger partial charge in [-0.1, -0.05) is 90.2 Å². The Labute approximate surface area is 201 Å². The van der Waals surface area contributed by atoms with Crippen LogP contribution in [0.15, 0.2) is 30.6 Å². The number of aryl methyl sites for hydroxylation is 1. The Bertz CT molecular complexity index is 793. The third kappa shape index (κ3) is 8.50. The molecule has 1 aliphatic rings. The summed E-state index contributed by atoms with van der Waals surface area (Å²) >= 11 is 0. The van der Waals surface area contributed by atoms with Crippen LogP contribution in [0.1, 0.15) is 127 Å². The van der Waals surface area contributed by atoms with Crippen molar-refractivity contribution in [1.82, 2.24) is 9.97 Å². The van der Waals surface area contributed by atoms with E-state index in [2.05, 4.69) is 23.8 Å². The number of hydrogen-bond donors (Lipinski definition) is 0. The van der Waals surface area contributed by atoms with Gasteiger partial charge in [-0.25, -0.2) is 14.4 Å². The zero-order chi connectivity index (χ0) is 23.3. The summed E-state index contributed by atoms with van der Waals surface area (Å²) in [6, 6.07) is 5.51. The van der Waals surface area contributed by atoms with Crippen LogP contribution in [-0.2, 0) is 6.42 Å². The molecule has 1 aliphatic carbocycles. The molecule has 0 N–H and O–H groups in total. The molecule has 0 saturated heterocycles. The van der Waals surface area contributed by atoms with E-state index in [1.54, 1.807) is 6.07 Å². The van der Waals surface area contributed by atoms with Gasteiger partial charge in [-0.3, -0.25) is 0 Å². The molecule has 1 fully saturated rings. The molecule has 33 heavy (non-hydrogen) atoms. The van der Waals surface area contributed by atoms with Crippen LogP contribution in [0.3, 0.4) is 0 Å². The fourth-order valence-electron chi connectivity index (χ4n) is 5.33. The molecular weight excluding hydrogens is 407 g/mol. The Morgan fingerprint density at radius 3 is 2.06 bits per heavy atom. The van der Waals surface area contributed by atoms with Gasteiger partial charge in [0.1, 0.15) is 5.82 Å². The van der Waals surface area contributed by atoms with Crippen LogP contribution >= 0.6 is 0 Å². The van der Waals surface area contributed by atoms with Gasteiger partial charge in [0.25, 0.3) is 0 Å². The van der Waals surface area contributed by atoms with Gasteiger partial charge in [0.05, 0.1) is 0 Å². The molecule has 0 atom stereocenters. The Morgan fingerprint density at radius 2 is 1.42 bits per heavy atom. The molecule has 1 saturated carbocycles. The van der Waals surface area contributed by atoms with E-state index >= 15 is 0 Å². The number of aromatic nitrogens is 2. The maximum absolute atomic E-state index is 14.6. The van der Waals surface area contributed by atoms with Gasteiger partial charge in [-0.2, -0.15) is 0 Å². The summed E-state index contributed by atoms with van der Waals surface area (Å²) in [4.78, 5) is 9.22. The average molecular weight is 453 g/mol. The van der Waals surface area contributed by atoms with E-state index in [1.807, 2.05) is 24.5 Å². The number of rotatable bonds is 14. The second-order valence-corrected chi connectivity index (χ2v) is 10.2. The van der Waals surface area contributed by atoms with E-state index < -0.39 is 0 Å². The van der Waals surface area contributed by atoms with Crippen molar-refractivity contribution in [2.24, 2.45) is 5.92 Å². The van der Waals surface area contributed by atoms with Crippen molar-refractivity contribution in [1.29, 1.82) is 0 Å². The molecule has 0 bridgehead atoms. The normalized spacial score (nSPS) is 18.5. The Kier molecular flexibility index (Phi) is 11.3. The summed E-state index contributed by atoms with van der Waals surface area (Å²) in [5, 5.41) is 0. The number of unbranched alkanes of at least 4 members (excludes halogenated alkanes) is 8. The van der Waals surface area contributed by atoms with Gasteiger partial charge in [0.2, 0.25) is 0 Å². The summed E-state index contributed by atoms with van der Waals surface area (Å²) in [6.07, 6.45) is 24.3. The minimum Gasteiger partial charge on any atom is -0.236 e. The van der Waals surface area contributed by atoms with E-state index in [1.165, 1.54) is 95.5 Å². The molecule has 0 spiro atoms. The van der Waals surface area contributed by atoms with Crippen molar-refractivity contribution in [2.45, 2.75) is 122 Å². The van der Waals surface area contributed by atoms with E-state index in [9.17, 15) is 4.39 Å². The van der Waals surface area contributed by atoms with Crippen LogP contribution in [-0.4, -0.2) is 9.97 Å². The lowest BCUT2D eigenvalue weighted by atomic mass is 9.77. The summed E-state index contributed by atoms with van der Waals surface area (Å²) in [5.41, 5.74) is 2.85.